The van der Waals surface area contributed by atoms with Gasteiger partial charge in [-0.05, 0) is 149 Å². The molecule has 0 saturated carbocycles. The molecule has 2 aliphatic heterocycles. The summed E-state index contributed by atoms with van der Waals surface area (Å²) in [7, 11) is -1.48. The monoisotopic (exact) mass is 1040 g/mol. The van der Waals surface area contributed by atoms with E-state index < -0.39 is 25.6 Å². The zero-order chi connectivity index (χ0) is 52.4. The van der Waals surface area contributed by atoms with E-state index in [1.807, 2.05) is 77.7 Å². The van der Waals surface area contributed by atoms with Crippen LogP contribution in [-0.2, 0) is 62.1 Å². The number of nitrogens with zero attached hydrogens (tertiary/aromatic N) is 8. The first-order valence-corrected chi connectivity index (χ1v) is 27.4. The standard InChI is InChI=1S/C27H34N4O5S.C27H36N4O4S/c1-27(2,26(32)29-16-5-6-17-29)31-18-15-25(28-31)37(33,34)30(19-21-7-11-23(35-3)12-8-21)20-22-9-13-24(36-4)14-10-22;1-27(2,21-29-16-5-6-17-29)31-18-15-26(28-31)36(32,33)30(19-22-7-11-24(34-3)12-8-22)20-23-9-13-25(35-4)14-10-23/h7-15,18H,5-6,16-17,19-20H2,1-4H3;7-15,18H,5-6,16-17,19-21H2,1-4H3. The second-order valence-electron chi connectivity index (χ2n) is 19.5. The molecule has 0 spiro atoms. The van der Waals surface area contributed by atoms with Gasteiger partial charge < -0.3 is 28.7 Å². The normalized spacial score (nSPS) is 14.6. The highest BCUT2D eigenvalue weighted by molar-refractivity contribution is 7.89. The summed E-state index contributed by atoms with van der Waals surface area (Å²) in [5, 5.41) is 8.93. The van der Waals surface area contributed by atoms with Crippen LogP contribution in [0.15, 0.2) is 132 Å². The number of methoxy groups -OCH3 is 4. The van der Waals surface area contributed by atoms with Gasteiger partial charge in [-0.1, -0.05) is 48.5 Å². The summed E-state index contributed by atoms with van der Waals surface area (Å²) in [4.78, 5) is 17.4. The highest BCUT2D eigenvalue weighted by Gasteiger charge is 2.38. The third kappa shape index (κ3) is 13.5. The van der Waals surface area contributed by atoms with Gasteiger partial charge >= 0.3 is 0 Å². The van der Waals surface area contributed by atoms with Crippen LogP contribution >= 0.6 is 0 Å². The summed E-state index contributed by atoms with van der Waals surface area (Å²) < 4.78 is 82.5. The van der Waals surface area contributed by atoms with E-state index in [-0.39, 0.29) is 47.7 Å². The summed E-state index contributed by atoms with van der Waals surface area (Å²) in [6.07, 6.45) is 7.72. The summed E-state index contributed by atoms with van der Waals surface area (Å²) in [5.41, 5.74) is 2.01. The molecule has 2 saturated heterocycles. The number of benzene rings is 4. The van der Waals surface area contributed by atoms with Crippen molar-refractivity contribution in [3.63, 3.8) is 0 Å². The molecular formula is C54H70N8O9S2. The van der Waals surface area contributed by atoms with Gasteiger partial charge in [-0.25, -0.2) is 16.8 Å². The Morgan fingerprint density at radius 1 is 0.493 bits per heavy atom. The summed E-state index contributed by atoms with van der Waals surface area (Å²) in [6, 6.07) is 32.5. The molecular weight excluding hydrogens is 969 g/mol. The van der Waals surface area contributed by atoms with Gasteiger partial charge in [0.25, 0.3) is 20.0 Å². The molecule has 0 atom stereocenters. The Morgan fingerprint density at radius 3 is 1.15 bits per heavy atom. The fourth-order valence-corrected chi connectivity index (χ4v) is 11.6. The first-order valence-electron chi connectivity index (χ1n) is 24.5. The molecule has 6 aromatic rings. The van der Waals surface area contributed by atoms with E-state index in [4.69, 9.17) is 18.9 Å². The van der Waals surface area contributed by atoms with E-state index in [9.17, 15) is 21.6 Å². The SMILES string of the molecule is COc1ccc(CN(Cc2ccc(OC)cc2)S(=O)(=O)c2ccn(C(C)(C)C(=O)N3CCCC3)n2)cc1.COc1ccc(CN(Cc2ccc(OC)cc2)S(=O)(=O)c2ccn(C(C)(C)CN3CCCC3)n2)cc1. The van der Waals surface area contributed by atoms with Crippen molar-refractivity contribution < 1.29 is 40.6 Å². The molecule has 2 aliphatic rings. The maximum Gasteiger partial charge on any atom is 0.262 e. The van der Waals surface area contributed by atoms with Gasteiger partial charge in [0.05, 0.1) is 34.0 Å². The molecule has 1 amide bonds. The van der Waals surface area contributed by atoms with Gasteiger partial charge in [0, 0.05) is 58.2 Å². The van der Waals surface area contributed by atoms with E-state index in [1.54, 1.807) is 89.7 Å². The molecule has 19 heteroatoms. The molecule has 0 unspecified atom stereocenters. The molecule has 2 fully saturated rings. The van der Waals surface area contributed by atoms with Crippen LogP contribution < -0.4 is 18.9 Å². The van der Waals surface area contributed by atoms with Crippen molar-refractivity contribution in [1.82, 2.24) is 38.0 Å². The van der Waals surface area contributed by atoms with Crippen LogP contribution in [0.2, 0.25) is 0 Å². The number of aromatic nitrogens is 4. The van der Waals surface area contributed by atoms with Crippen molar-refractivity contribution in [3.05, 3.63) is 144 Å². The lowest BCUT2D eigenvalue weighted by Gasteiger charge is -2.30. The number of hydrogen-bond acceptors (Lipinski definition) is 12. The first-order chi connectivity index (χ1) is 34.9. The zero-order valence-corrected chi connectivity index (χ0v) is 44.9. The minimum Gasteiger partial charge on any atom is -0.497 e. The maximum absolute atomic E-state index is 13.9. The van der Waals surface area contributed by atoms with Crippen molar-refractivity contribution in [2.45, 2.75) is 101 Å². The van der Waals surface area contributed by atoms with Gasteiger partial charge in [0.2, 0.25) is 5.91 Å². The minimum absolute atomic E-state index is 0.0546. The molecule has 73 heavy (non-hydrogen) atoms. The fraction of sp³-hybridized carbons (Fsp3) is 0.426. The second-order valence-corrected chi connectivity index (χ2v) is 23.3. The largest absolute Gasteiger partial charge is 0.497 e. The maximum atomic E-state index is 13.9. The number of carbonyl (C=O) groups is 1. The van der Waals surface area contributed by atoms with E-state index in [0.29, 0.717) is 24.6 Å². The highest BCUT2D eigenvalue weighted by atomic mass is 32.2. The minimum atomic E-state index is -4.00. The number of sulfonamides is 2. The van der Waals surface area contributed by atoms with Crippen molar-refractivity contribution in [3.8, 4) is 23.0 Å². The molecule has 0 aliphatic carbocycles. The Balaban J connectivity index is 0.000000214. The molecule has 0 N–H and O–H groups in total. The summed E-state index contributed by atoms with van der Waals surface area (Å²) in [6.45, 7) is 12.8. The smallest absolute Gasteiger partial charge is 0.262 e. The van der Waals surface area contributed by atoms with Gasteiger partial charge in [0.1, 0.15) is 28.5 Å². The predicted molar refractivity (Wildman–Crippen MR) is 279 cm³/mol. The predicted octanol–water partition coefficient (Wildman–Crippen LogP) is 7.77. The summed E-state index contributed by atoms with van der Waals surface area (Å²) in [5.74, 6) is 2.77. The number of hydrogen-bond donors (Lipinski definition) is 0. The Bertz CT molecular complexity index is 2850. The molecule has 17 nitrogen and oxygen atoms in total. The average molecular weight is 1040 g/mol. The van der Waals surface area contributed by atoms with Crippen LogP contribution in [0, 0.1) is 0 Å². The molecule has 2 aromatic heterocycles. The number of rotatable bonds is 21. The second kappa shape index (κ2) is 23.7. The van der Waals surface area contributed by atoms with E-state index in [1.165, 1.54) is 32.2 Å². The lowest BCUT2D eigenvalue weighted by Crippen LogP contribution is -2.46. The van der Waals surface area contributed by atoms with Gasteiger partial charge in [0.15, 0.2) is 10.1 Å². The lowest BCUT2D eigenvalue weighted by atomic mass is 10.0. The zero-order valence-electron chi connectivity index (χ0n) is 43.3. The molecule has 4 heterocycles. The lowest BCUT2D eigenvalue weighted by molar-refractivity contribution is -0.138. The highest BCUT2D eigenvalue weighted by Crippen LogP contribution is 2.28. The number of amides is 1. The Hall–Kier alpha value is -6.25. The van der Waals surface area contributed by atoms with Crippen LogP contribution in [0.25, 0.3) is 0 Å². The van der Waals surface area contributed by atoms with Crippen LogP contribution in [0.3, 0.4) is 0 Å². The molecule has 0 radical (unpaired) electrons. The Kier molecular flexibility index (Phi) is 17.7. The molecule has 8 rings (SSSR count). The first kappa shape index (κ1) is 54.5. The van der Waals surface area contributed by atoms with Crippen molar-refractivity contribution >= 4 is 26.0 Å². The van der Waals surface area contributed by atoms with Crippen LogP contribution in [0.4, 0.5) is 0 Å². The van der Waals surface area contributed by atoms with Crippen LogP contribution in [-0.4, -0.2) is 122 Å². The van der Waals surface area contributed by atoms with Gasteiger partial charge in [-0.15, -0.1) is 0 Å². The van der Waals surface area contributed by atoms with Crippen molar-refractivity contribution in [2.24, 2.45) is 0 Å². The van der Waals surface area contributed by atoms with Crippen molar-refractivity contribution in [2.75, 3.05) is 61.2 Å². The Morgan fingerprint density at radius 2 is 0.808 bits per heavy atom. The number of likely N-dealkylation sites (tertiary alicyclic amines) is 2. The van der Waals surface area contributed by atoms with Crippen molar-refractivity contribution in [1.29, 1.82) is 0 Å². The van der Waals surface area contributed by atoms with E-state index in [0.717, 1.165) is 66.2 Å². The number of ether oxygens (including phenoxy) is 4. The van der Waals surface area contributed by atoms with Gasteiger partial charge in [-0.2, -0.15) is 18.8 Å². The third-order valence-electron chi connectivity index (χ3n) is 13.3. The van der Waals surface area contributed by atoms with Gasteiger partial charge in [-0.3, -0.25) is 14.2 Å². The Labute approximate surface area is 431 Å². The van der Waals surface area contributed by atoms with Crippen LogP contribution in [0.5, 0.6) is 23.0 Å². The fourth-order valence-electron chi connectivity index (χ4n) is 8.96. The quantitative estimate of drug-likeness (QED) is 0.0687. The third-order valence-corrected chi connectivity index (χ3v) is 16.7. The number of carbonyl (C=O) groups excluding carboxylic acids is 1. The molecule has 0 bridgehead atoms. The van der Waals surface area contributed by atoms with E-state index >= 15 is 0 Å². The molecule has 4 aromatic carbocycles. The molecule has 392 valence electrons. The van der Waals surface area contributed by atoms with Crippen LogP contribution in [0.1, 0.15) is 75.6 Å². The van der Waals surface area contributed by atoms with E-state index in [2.05, 4.69) is 28.9 Å². The average Bonchev–Trinajstić information content (AvgIpc) is 4.26. The topological polar surface area (TPSA) is 171 Å². The summed E-state index contributed by atoms with van der Waals surface area (Å²) >= 11 is 0.